The van der Waals surface area contributed by atoms with Gasteiger partial charge in [-0.2, -0.15) is 11.6 Å². The standard InChI is InChI=1S/C4H2Cl2N.3ClH.Zr/c5-3-1-7-2-4(3)6;;;;/h1,7H;3*1H;/q-1;;;;+4/p-3. The molecule has 62 valence electrons. The minimum atomic E-state index is 0. The third kappa shape index (κ3) is 7.96. The number of halogens is 5. The molecule has 0 fully saturated rings. The zero-order valence-electron chi connectivity index (χ0n) is 4.97. The number of aromatic amines is 1. The van der Waals surface area contributed by atoms with E-state index in [4.69, 9.17) is 23.2 Å². The molecule has 0 unspecified atom stereocenters. The minimum Gasteiger partial charge on any atom is -1.00 e. The summed E-state index contributed by atoms with van der Waals surface area (Å²) in [7, 11) is 0. The maximum Gasteiger partial charge on any atom is 4.00 e. The first-order valence-corrected chi connectivity index (χ1v) is 2.46. The number of hydrogen-bond donors (Lipinski definition) is 1. The molecule has 0 bridgehead atoms. The zero-order valence-corrected chi connectivity index (χ0v) is 11.2. The van der Waals surface area contributed by atoms with Crippen molar-refractivity contribution in [2.45, 2.75) is 0 Å². The molecule has 1 aromatic rings. The fourth-order valence-corrected chi connectivity index (χ4v) is 0.497. The summed E-state index contributed by atoms with van der Waals surface area (Å²) in [6, 6.07) is 0. The molecule has 0 aromatic carbocycles. The van der Waals surface area contributed by atoms with Gasteiger partial charge in [-0.15, -0.1) is 17.8 Å². The largest absolute Gasteiger partial charge is 4.00 e. The quantitative estimate of drug-likeness (QED) is 0.455. The van der Waals surface area contributed by atoms with Gasteiger partial charge in [0.2, 0.25) is 0 Å². The van der Waals surface area contributed by atoms with Crippen molar-refractivity contribution in [2.24, 2.45) is 0 Å². The molecule has 1 nitrogen and oxygen atoms in total. The van der Waals surface area contributed by atoms with Crippen LogP contribution in [-0.2, 0) is 26.2 Å². The second kappa shape index (κ2) is 11.6. The van der Waals surface area contributed by atoms with Crippen LogP contribution in [0.4, 0.5) is 0 Å². The SMILES string of the molecule is Clc1[c-][nH]cc1Cl.[Cl-].[Cl-].[Cl-].[Zr+4]. The van der Waals surface area contributed by atoms with Gasteiger partial charge in [0.25, 0.3) is 0 Å². The molecule has 0 saturated carbocycles. The van der Waals surface area contributed by atoms with Gasteiger partial charge in [0.15, 0.2) is 0 Å². The Morgan fingerprint density at radius 2 is 1.64 bits per heavy atom. The number of aromatic nitrogens is 1. The topological polar surface area (TPSA) is 15.8 Å². The molecule has 0 aliphatic carbocycles. The van der Waals surface area contributed by atoms with Crippen LogP contribution in [0.15, 0.2) is 6.20 Å². The van der Waals surface area contributed by atoms with E-state index >= 15 is 0 Å². The van der Waals surface area contributed by atoms with Gasteiger partial charge in [-0.3, -0.25) is 0 Å². The molecule has 1 rings (SSSR count). The van der Waals surface area contributed by atoms with Crippen LogP contribution in [0.25, 0.3) is 0 Å². The van der Waals surface area contributed by atoms with Crippen molar-refractivity contribution < 1.29 is 63.4 Å². The normalized spacial score (nSPS) is 6.00. The van der Waals surface area contributed by atoms with Crippen LogP contribution in [0.3, 0.4) is 0 Å². The molecule has 0 aliphatic heterocycles. The second-order valence-electron chi connectivity index (χ2n) is 1.08. The van der Waals surface area contributed by atoms with Gasteiger partial charge in [0, 0.05) is 0 Å². The van der Waals surface area contributed by atoms with E-state index in [1.165, 1.54) is 0 Å². The fourth-order valence-electron chi connectivity index (χ4n) is 0.286. The van der Waals surface area contributed by atoms with Crippen LogP contribution in [0, 0.1) is 6.20 Å². The van der Waals surface area contributed by atoms with Crippen LogP contribution in [-0.4, -0.2) is 4.98 Å². The summed E-state index contributed by atoms with van der Waals surface area (Å²) in [6.07, 6.45) is 4.15. The van der Waals surface area contributed by atoms with Gasteiger partial charge in [-0.25, -0.2) is 0 Å². The predicted molar refractivity (Wildman–Crippen MR) is 29.6 cm³/mol. The van der Waals surface area contributed by atoms with E-state index in [-0.39, 0.29) is 63.4 Å². The van der Waals surface area contributed by atoms with Crippen molar-refractivity contribution >= 4 is 23.2 Å². The Morgan fingerprint density at radius 3 is 1.73 bits per heavy atom. The maximum atomic E-state index is 5.43. The first-order chi connectivity index (χ1) is 3.30. The average Bonchev–Trinajstić information content (AvgIpc) is 1.91. The molecule has 0 amide bonds. The van der Waals surface area contributed by atoms with E-state index in [1.54, 1.807) is 6.20 Å². The van der Waals surface area contributed by atoms with Gasteiger partial charge in [-0.05, 0) is 5.02 Å². The molecule has 1 N–H and O–H groups in total. The monoisotopic (exact) mass is 329 g/mol. The summed E-state index contributed by atoms with van der Waals surface area (Å²) in [5.74, 6) is 0. The van der Waals surface area contributed by atoms with E-state index < -0.39 is 0 Å². The summed E-state index contributed by atoms with van der Waals surface area (Å²) < 4.78 is 0. The summed E-state index contributed by atoms with van der Waals surface area (Å²) in [5.41, 5.74) is 0. The van der Waals surface area contributed by atoms with Crippen LogP contribution in [0.2, 0.25) is 10.0 Å². The van der Waals surface area contributed by atoms with E-state index in [1.807, 2.05) is 0 Å². The third-order valence-corrected chi connectivity index (χ3v) is 1.28. The summed E-state index contributed by atoms with van der Waals surface area (Å²) in [5, 5.41) is 0.961. The third-order valence-electron chi connectivity index (χ3n) is 0.590. The molecular formula is C4H2Cl5NZr. The Hall–Kier alpha value is 1.61. The first kappa shape index (κ1) is 22.9. The minimum absolute atomic E-state index is 0. The maximum absolute atomic E-state index is 5.43. The molecule has 0 atom stereocenters. The van der Waals surface area contributed by atoms with Crippen molar-refractivity contribution in [2.75, 3.05) is 0 Å². The van der Waals surface area contributed by atoms with Crippen molar-refractivity contribution in [3.8, 4) is 0 Å². The molecule has 1 heterocycles. The van der Waals surface area contributed by atoms with Gasteiger partial charge >= 0.3 is 26.2 Å². The zero-order chi connectivity index (χ0) is 5.28. The Morgan fingerprint density at radius 1 is 1.18 bits per heavy atom. The number of rotatable bonds is 0. The van der Waals surface area contributed by atoms with E-state index in [9.17, 15) is 0 Å². The first-order valence-electron chi connectivity index (χ1n) is 1.71. The van der Waals surface area contributed by atoms with Crippen LogP contribution in [0.1, 0.15) is 0 Å². The smallest absolute Gasteiger partial charge is 1.00 e. The van der Waals surface area contributed by atoms with Crippen LogP contribution in [0.5, 0.6) is 0 Å². The Kier molecular flexibility index (Phi) is 24.2. The molecule has 1 aromatic heterocycles. The van der Waals surface area contributed by atoms with E-state index in [0.29, 0.717) is 10.0 Å². The Balaban J connectivity index is -0.0000000612. The molecular weight excluding hydrogens is 331 g/mol. The molecule has 0 radical (unpaired) electrons. The molecule has 11 heavy (non-hydrogen) atoms. The van der Waals surface area contributed by atoms with Gasteiger partial charge in [0.1, 0.15) is 0 Å². The summed E-state index contributed by atoms with van der Waals surface area (Å²) in [6.45, 7) is 0. The molecule has 7 heteroatoms. The predicted octanol–water partition coefficient (Wildman–Crippen LogP) is -6.87. The average molecular weight is 333 g/mol. The van der Waals surface area contributed by atoms with Gasteiger partial charge < -0.3 is 42.2 Å². The van der Waals surface area contributed by atoms with Crippen LogP contribution >= 0.6 is 23.2 Å². The number of H-pyrrole nitrogens is 1. The molecule has 0 spiro atoms. The van der Waals surface area contributed by atoms with Crippen molar-refractivity contribution in [1.29, 1.82) is 0 Å². The fraction of sp³-hybridized carbons (Fsp3) is 0. The second-order valence-corrected chi connectivity index (χ2v) is 1.86. The Labute approximate surface area is 113 Å². The Bertz CT molecular complexity index is 151. The van der Waals surface area contributed by atoms with Gasteiger partial charge in [-0.1, -0.05) is 11.2 Å². The molecule has 0 aliphatic rings. The number of hydrogen-bond acceptors (Lipinski definition) is 0. The van der Waals surface area contributed by atoms with E-state index in [0.717, 1.165) is 0 Å². The van der Waals surface area contributed by atoms with Crippen molar-refractivity contribution in [1.82, 2.24) is 4.98 Å². The summed E-state index contributed by atoms with van der Waals surface area (Å²) >= 11 is 10.8. The number of nitrogens with one attached hydrogen (secondary N) is 1. The summed E-state index contributed by atoms with van der Waals surface area (Å²) in [4.78, 5) is 2.61. The van der Waals surface area contributed by atoms with Gasteiger partial charge in [0.05, 0.1) is 0 Å². The van der Waals surface area contributed by atoms with Crippen molar-refractivity contribution in [3.05, 3.63) is 22.4 Å². The van der Waals surface area contributed by atoms with Crippen molar-refractivity contribution in [3.63, 3.8) is 0 Å². The van der Waals surface area contributed by atoms with E-state index in [2.05, 4.69) is 11.2 Å². The van der Waals surface area contributed by atoms with Crippen LogP contribution < -0.4 is 37.2 Å². The molecule has 0 saturated heterocycles.